The summed E-state index contributed by atoms with van der Waals surface area (Å²) in [6.07, 6.45) is 5.31. The Balaban J connectivity index is 1.30. The molecule has 1 saturated carbocycles. The third kappa shape index (κ3) is 4.79. The minimum atomic E-state index is -0.185. The molecule has 1 aromatic heterocycles. The molecule has 2 N–H and O–H groups in total. The second kappa shape index (κ2) is 9.52. The zero-order chi connectivity index (χ0) is 22.6. The molecule has 2 amide bonds. The number of anilines is 1. The van der Waals surface area contributed by atoms with Gasteiger partial charge >= 0.3 is 0 Å². The summed E-state index contributed by atoms with van der Waals surface area (Å²) >= 11 is 0. The number of hydrogen-bond acceptors (Lipinski definition) is 5. The van der Waals surface area contributed by atoms with Crippen LogP contribution in [0.15, 0.2) is 42.5 Å². The van der Waals surface area contributed by atoms with Crippen LogP contribution < -0.4 is 20.1 Å². The van der Waals surface area contributed by atoms with Crippen LogP contribution in [-0.2, 0) is 22.7 Å². The summed E-state index contributed by atoms with van der Waals surface area (Å²) in [6, 6.07) is 13.0. The number of fused-ring (bicyclic) bond motifs is 2. The molecule has 5 rings (SSSR count). The maximum atomic E-state index is 12.9. The quantitative estimate of drug-likeness (QED) is 0.600. The number of nitrogens with zero attached hydrogens (tertiary/aromatic N) is 2. The van der Waals surface area contributed by atoms with E-state index in [-0.39, 0.29) is 24.3 Å². The number of carbonyl (C=O) groups is 2. The first kappa shape index (κ1) is 21.3. The molecule has 0 bridgehead atoms. The van der Waals surface area contributed by atoms with Crippen molar-refractivity contribution in [3.8, 4) is 11.5 Å². The molecule has 2 aromatic carbocycles. The van der Waals surface area contributed by atoms with Gasteiger partial charge in [-0.1, -0.05) is 31.4 Å². The van der Waals surface area contributed by atoms with Gasteiger partial charge in [0.1, 0.15) is 25.6 Å². The normalized spacial score (nSPS) is 15.9. The van der Waals surface area contributed by atoms with E-state index in [0.29, 0.717) is 42.8 Å². The minimum Gasteiger partial charge on any atom is -0.486 e. The van der Waals surface area contributed by atoms with Crippen molar-refractivity contribution in [2.24, 2.45) is 5.92 Å². The van der Waals surface area contributed by atoms with E-state index in [4.69, 9.17) is 9.47 Å². The Labute approximate surface area is 192 Å². The van der Waals surface area contributed by atoms with Gasteiger partial charge in [-0.25, -0.2) is 4.98 Å². The number of rotatable bonds is 6. The Morgan fingerprint density at radius 3 is 2.64 bits per heavy atom. The third-order valence-corrected chi connectivity index (χ3v) is 6.26. The van der Waals surface area contributed by atoms with Gasteiger partial charge in [-0.15, -0.1) is 0 Å². The van der Waals surface area contributed by atoms with Gasteiger partial charge in [0.2, 0.25) is 11.8 Å². The smallest absolute Gasteiger partial charge is 0.244 e. The number of aromatic nitrogens is 2. The highest BCUT2D eigenvalue weighted by atomic mass is 16.6. The summed E-state index contributed by atoms with van der Waals surface area (Å²) in [6.45, 7) is 1.39. The minimum absolute atomic E-state index is 0.0778. The molecule has 2 aliphatic rings. The molecule has 1 aliphatic heterocycles. The second-order valence-electron chi connectivity index (χ2n) is 8.56. The van der Waals surface area contributed by atoms with Crippen molar-refractivity contribution in [1.29, 1.82) is 0 Å². The van der Waals surface area contributed by atoms with Gasteiger partial charge in [-0.3, -0.25) is 9.59 Å². The first-order valence-corrected chi connectivity index (χ1v) is 11.6. The molecule has 8 nitrogen and oxygen atoms in total. The lowest BCUT2D eigenvalue weighted by molar-refractivity contribution is -0.126. The average Bonchev–Trinajstić information content (AvgIpc) is 3.20. The summed E-state index contributed by atoms with van der Waals surface area (Å²) in [5.41, 5.74) is 2.30. The van der Waals surface area contributed by atoms with Crippen molar-refractivity contribution in [2.75, 3.05) is 18.5 Å². The second-order valence-corrected chi connectivity index (χ2v) is 8.56. The van der Waals surface area contributed by atoms with Crippen LogP contribution in [0.1, 0.15) is 37.9 Å². The molecule has 2 heterocycles. The highest BCUT2D eigenvalue weighted by molar-refractivity contribution is 5.92. The summed E-state index contributed by atoms with van der Waals surface area (Å²) in [4.78, 5) is 30.2. The maximum absolute atomic E-state index is 12.9. The molecular formula is C25H28N4O4. The number of ether oxygens (including phenoxy) is 2. The third-order valence-electron chi connectivity index (χ3n) is 6.26. The van der Waals surface area contributed by atoms with Crippen molar-refractivity contribution in [3.05, 3.63) is 48.3 Å². The number of benzene rings is 2. The molecule has 0 saturated heterocycles. The van der Waals surface area contributed by atoms with Crippen LogP contribution in [0.4, 0.5) is 5.69 Å². The number of para-hydroxylation sites is 2. The van der Waals surface area contributed by atoms with E-state index in [1.165, 1.54) is 6.42 Å². The lowest BCUT2D eigenvalue weighted by Gasteiger charge is -2.20. The maximum Gasteiger partial charge on any atom is 0.244 e. The zero-order valence-electron chi connectivity index (χ0n) is 18.5. The lowest BCUT2D eigenvalue weighted by Crippen LogP contribution is -2.32. The number of imidazole rings is 1. The fourth-order valence-corrected chi connectivity index (χ4v) is 4.58. The predicted octanol–water partition coefficient (Wildman–Crippen LogP) is 3.64. The first-order chi connectivity index (χ1) is 16.2. The molecule has 8 heteroatoms. The molecule has 0 radical (unpaired) electrons. The van der Waals surface area contributed by atoms with Gasteiger partial charge in [-0.2, -0.15) is 0 Å². The predicted molar refractivity (Wildman–Crippen MR) is 124 cm³/mol. The Kier molecular flexibility index (Phi) is 6.15. The number of carbonyl (C=O) groups excluding carboxylic acids is 2. The van der Waals surface area contributed by atoms with Crippen LogP contribution >= 0.6 is 0 Å². The highest BCUT2D eigenvalue weighted by Gasteiger charge is 2.22. The van der Waals surface area contributed by atoms with E-state index in [2.05, 4.69) is 15.6 Å². The Hall–Kier alpha value is -3.55. The van der Waals surface area contributed by atoms with Crippen molar-refractivity contribution >= 4 is 28.5 Å². The molecule has 1 aliphatic carbocycles. The molecule has 172 valence electrons. The monoisotopic (exact) mass is 448 g/mol. The summed E-state index contributed by atoms with van der Waals surface area (Å²) in [5.74, 6) is 1.94. The van der Waals surface area contributed by atoms with Gasteiger partial charge in [0.15, 0.2) is 11.5 Å². The SMILES string of the molecule is O=C(Cn1c(CNC(=O)C2CCCCC2)nc2ccccc21)Nc1ccc2c(c1)OCCO2. The molecule has 33 heavy (non-hydrogen) atoms. The fraction of sp³-hybridized carbons (Fsp3) is 0.400. The fourth-order valence-electron chi connectivity index (χ4n) is 4.58. The Morgan fingerprint density at radius 1 is 1.00 bits per heavy atom. The summed E-state index contributed by atoms with van der Waals surface area (Å²) in [5, 5.41) is 5.97. The van der Waals surface area contributed by atoms with E-state index in [9.17, 15) is 9.59 Å². The van der Waals surface area contributed by atoms with Crippen LogP contribution in [0.3, 0.4) is 0 Å². The largest absolute Gasteiger partial charge is 0.486 e. The van der Waals surface area contributed by atoms with E-state index < -0.39 is 0 Å². The van der Waals surface area contributed by atoms with Crippen molar-refractivity contribution in [1.82, 2.24) is 14.9 Å². The number of amides is 2. The van der Waals surface area contributed by atoms with E-state index >= 15 is 0 Å². The molecule has 1 fully saturated rings. The molecular weight excluding hydrogens is 420 g/mol. The number of nitrogens with one attached hydrogen (secondary N) is 2. The average molecular weight is 449 g/mol. The summed E-state index contributed by atoms with van der Waals surface area (Å²) < 4.78 is 13.0. The van der Waals surface area contributed by atoms with Gasteiger partial charge in [0.05, 0.1) is 17.6 Å². The molecule has 0 spiro atoms. The standard InChI is InChI=1S/C25H28N4O4/c30-24(27-18-10-11-21-22(14-18)33-13-12-32-21)16-29-20-9-5-4-8-19(20)28-23(29)15-26-25(31)17-6-2-1-3-7-17/h4-5,8-11,14,17H,1-3,6-7,12-13,15-16H2,(H,26,31)(H,27,30). The van der Waals surface area contributed by atoms with Crippen molar-refractivity contribution in [2.45, 2.75) is 45.2 Å². The van der Waals surface area contributed by atoms with Crippen molar-refractivity contribution < 1.29 is 19.1 Å². The van der Waals surface area contributed by atoms with Crippen LogP contribution in [0.25, 0.3) is 11.0 Å². The van der Waals surface area contributed by atoms with Gasteiger partial charge in [-0.05, 0) is 37.1 Å². The molecule has 0 atom stereocenters. The highest BCUT2D eigenvalue weighted by Crippen LogP contribution is 2.32. The number of hydrogen-bond donors (Lipinski definition) is 2. The molecule has 3 aromatic rings. The molecule has 0 unspecified atom stereocenters. The zero-order valence-corrected chi connectivity index (χ0v) is 18.5. The first-order valence-electron chi connectivity index (χ1n) is 11.6. The van der Waals surface area contributed by atoms with Crippen molar-refractivity contribution in [3.63, 3.8) is 0 Å². The van der Waals surface area contributed by atoms with E-state index in [1.54, 1.807) is 18.2 Å². The van der Waals surface area contributed by atoms with Gasteiger partial charge < -0.3 is 24.7 Å². The lowest BCUT2D eigenvalue weighted by atomic mass is 9.89. The van der Waals surface area contributed by atoms with Crippen LogP contribution in [0.2, 0.25) is 0 Å². The Morgan fingerprint density at radius 2 is 1.79 bits per heavy atom. The van der Waals surface area contributed by atoms with Gasteiger partial charge in [0.25, 0.3) is 0 Å². The topological polar surface area (TPSA) is 94.5 Å². The van der Waals surface area contributed by atoms with Crippen LogP contribution in [0.5, 0.6) is 11.5 Å². The van der Waals surface area contributed by atoms with E-state index in [0.717, 1.165) is 36.7 Å². The summed E-state index contributed by atoms with van der Waals surface area (Å²) in [7, 11) is 0. The Bertz CT molecular complexity index is 1170. The van der Waals surface area contributed by atoms with Crippen LogP contribution in [0, 0.1) is 5.92 Å². The van der Waals surface area contributed by atoms with Crippen LogP contribution in [-0.4, -0.2) is 34.6 Å². The van der Waals surface area contributed by atoms with E-state index in [1.807, 2.05) is 28.8 Å². The van der Waals surface area contributed by atoms with Gasteiger partial charge in [0, 0.05) is 17.7 Å².